The molecular formula is C7H13NO6. The Hall–Kier alpha value is -1.18. The lowest BCUT2D eigenvalue weighted by molar-refractivity contribution is -0.161. The van der Waals surface area contributed by atoms with E-state index in [1.807, 2.05) is 0 Å². The molecule has 0 fully saturated rings. The van der Waals surface area contributed by atoms with E-state index in [0.717, 1.165) is 0 Å². The molecule has 0 spiro atoms. The number of carboxylic acid groups (broad SMARTS) is 1. The first kappa shape index (κ1) is 12.8. The van der Waals surface area contributed by atoms with Gasteiger partial charge in [-0.3, -0.25) is 4.79 Å². The standard InChI is InChI=1S/C7H13NO6/c1-2(6(8)12)3(9)4(10)5(11)7(13)14/h2-5,9-11H,1H3,(H2,8,12)(H,13,14)/t2-,3-,4+,5+/m0/s1. The number of aliphatic hydroxyl groups is 3. The number of hydrogen-bond donors (Lipinski definition) is 5. The minimum Gasteiger partial charge on any atom is -0.479 e. The van der Waals surface area contributed by atoms with Gasteiger partial charge in [-0.1, -0.05) is 6.92 Å². The van der Waals surface area contributed by atoms with Crippen LogP contribution < -0.4 is 5.73 Å². The fourth-order valence-corrected chi connectivity index (χ4v) is 0.797. The summed E-state index contributed by atoms with van der Waals surface area (Å²) >= 11 is 0. The van der Waals surface area contributed by atoms with Crippen molar-refractivity contribution in [1.29, 1.82) is 0 Å². The van der Waals surface area contributed by atoms with Crippen LogP contribution in [0, 0.1) is 5.92 Å². The Morgan fingerprint density at radius 1 is 1.14 bits per heavy atom. The molecule has 0 bridgehead atoms. The molecule has 0 aromatic heterocycles. The normalized spacial score (nSPS) is 19.4. The van der Waals surface area contributed by atoms with E-state index in [1.165, 1.54) is 6.92 Å². The van der Waals surface area contributed by atoms with E-state index in [-0.39, 0.29) is 0 Å². The van der Waals surface area contributed by atoms with Crippen molar-refractivity contribution in [1.82, 2.24) is 0 Å². The fourth-order valence-electron chi connectivity index (χ4n) is 0.797. The van der Waals surface area contributed by atoms with Crippen LogP contribution in [0.1, 0.15) is 6.92 Å². The van der Waals surface area contributed by atoms with Crippen LogP contribution in [0.25, 0.3) is 0 Å². The topological polar surface area (TPSA) is 141 Å². The Morgan fingerprint density at radius 2 is 1.57 bits per heavy atom. The molecule has 0 radical (unpaired) electrons. The lowest BCUT2D eigenvalue weighted by Crippen LogP contribution is -2.47. The Morgan fingerprint density at radius 3 is 1.86 bits per heavy atom. The maximum absolute atomic E-state index is 10.6. The van der Waals surface area contributed by atoms with Gasteiger partial charge in [-0.05, 0) is 0 Å². The van der Waals surface area contributed by atoms with Crippen LogP contribution in [-0.4, -0.2) is 50.6 Å². The zero-order valence-electron chi connectivity index (χ0n) is 7.49. The maximum atomic E-state index is 10.6. The monoisotopic (exact) mass is 207 g/mol. The van der Waals surface area contributed by atoms with E-state index in [2.05, 4.69) is 0 Å². The summed E-state index contributed by atoms with van der Waals surface area (Å²) in [5, 5.41) is 35.4. The van der Waals surface area contributed by atoms with Crippen LogP contribution in [0.15, 0.2) is 0 Å². The smallest absolute Gasteiger partial charge is 0.335 e. The molecule has 7 nitrogen and oxygen atoms in total. The van der Waals surface area contributed by atoms with Crippen LogP contribution in [-0.2, 0) is 9.59 Å². The number of carbonyl (C=O) groups is 2. The van der Waals surface area contributed by atoms with Crippen molar-refractivity contribution in [3.8, 4) is 0 Å². The number of aliphatic carboxylic acids is 1. The quantitative estimate of drug-likeness (QED) is 0.331. The highest BCUT2D eigenvalue weighted by molar-refractivity contribution is 5.77. The number of carbonyl (C=O) groups excluding carboxylic acids is 1. The van der Waals surface area contributed by atoms with Crippen molar-refractivity contribution in [3.63, 3.8) is 0 Å². The van der Waals surface area contributed by atoms with Crippen LogP contribution in [0.2, 0.25) is 0 Å². The van der Waals surface area contributed by atoms with E-state index < -0.39 is 36.1 Å². The van der Waals surface area contributed by atoms with Gasteiger partial charge >= 0.3 is 5.97 Å². The molecule has 0 rings (SSSR count). The minimum atomic E-state index is -2.15. The molecule has 0 unspecified atom stereocenters. The van der Waals surface area contributed by atoms with Gasteiger partial charge in [-0.25, -0.2) is 4.79 Å². The molecule has 0 saturated carbocycles. The Labute approximate surface area is 79.8 Å². The molecule has 0 heterocycles. The average molecular weight is 207 g/mol. The van der Waals surface area contributed by atoms with Gasteiger partial charge in [-0.15, -0.1) is 0 Å². The summed E-state index contributed by atoms with van der Waals surface area (Å²) in [5.74, 6) is -3.72. The predicted molar refractivity (Wildman–Crippen MR) is 44.0 cm³/mol. The van der Waals surface area contributed by atoms with Crippen molar-refractivity contribution in [2.24, 2.45) is 11.7 Å². The number of amides is 1. The molecule has 4 atom stereocenters. The third kappa shape index (κ3) is 2.95. The van der Waals surface area contributed by atoms with E-state index in [1.54, 1.807) is 0 Å². The van der Waals surface area contributed by atoms with Crippen LogP contribution >= 0.6 is 0 Å². The van der Waals surface area contributed by atoms with Gasteiger partial charge in [0.25, 0.3) is 0 Å². The molecule has 0 aromatic rings. The average Bonchev–Trinajstić information content (AvgIpc) is 2.12. The molecule has 6 N–H and O–H groups in total. The molecule has 0 aliphatic rings. The molecule has 14 heavy (non-hydrogen) atoms. The molecule has 1 amide bonds. The first-order valence-electron chi connectivity index (χ1n) is 3.85. The number of rotatable bonds is 5. The van der Waals surface area contributed by atoms with Gasteiger partial charge in [0.1, 0.15) is 6.10 Å². The molecule has 0 aliphatic heterocycles. The molecular weight excluding hydrogens is 194 g/mol. The van der Waals surface area contributed by atoms with E-state index in [4.69, 9.17) is 21.1 Å². The summed E-state index contributed by atoms with van der Waals surface area (Å²) in [6.45, 7) is 1.21. The fraction of sp³-hybridized carbons (Fsp3) is 0.714. The molecule has 7 heteroatoms. The van der Waals surface area contributed by atoms with Crippen molar-refractivity contribution in [2.75, 3.05) is 0 Å². The Balaban J connectivity index is 4.45. The van der Waals surface area contributed by atoms with Crippen LogP contribution in [0.3, 0.4) is 0 Å². The number of carboxylic acids is 1. The second-order valence-electron chi connectivity index (χ2n) is 2.96. The van der Waals surface area contributed by atoms with Crippen LogP contribution in [0.5, 0.6) is 0 Å². The van der Waals surface area contributed by atoms with E-state index in [0.29, 0.717) is 0 Å². The highest BCUT2D eigenvalue weighted by Crippen LogP contribution is 2.10. The van der Waals surface area contributed by atoms with Crippen molar-refractivity contribution in [3.05, 3.63) is 0 Å². The second kappa shape index (κ2) is 4.89. The van der Waals surface area contributed by atoms with Gasteiger partial charge < -0.3 is 26.2 Å². The SMILES string of the molecule is C[C@H](C(N)=O)[C@H](O)[C@@H](O)[C@@H](O)C(=O)O. The van der Waals surface area contributed by atoms with Gasteiger partial charge in [0.2, 0.25) is 5.91 Å². The van der Waals surface area contributed by atoms with Gasteiger partial charge in [0.05, 0.1) is 12.0 Å². The third-order valence-corrected chi connectivity index (χ3v) is 1.89. The lowest BCUT2D eigenvalue weighted by Gasteiger charge is -2.23. The number of aliphatic hydroxyl groups excluding tert-OH is 3. The Bertz CT molecular complexity index is 206. The zero-order chi connectivity index (χ0) is 11.5. The number of hydrogen-bond acceptors (Lipinski definition) is 5. The summed E-state index contributed by atoms with van der Waals surface area (Å²) in [4.78, 5) is 20.8. The lowest BCUT2D eigenvalue weighted by atomic mass is 9.96. The maximum Gasteiger partial charge on any atom is 0.335 e. The summed E-state index contributed by atoms with van der Waals surface area (Å²) in [6, 6.07) is 0. The van der Waals surface area contributed by atoms with Crippen molar-refractivity contribution >= 4 is 11.9 Å². The van der Waals surface area contributed by atoms with E-state index >= 15 is 0 Å². The first-order valence-corrected chi connectivity index (χ1v) is 3.85. The van der Waals surface area contributed by atoms with Gasteiger partial charge in [0.15, 0.2) is 6.10 Å². The minimum absolute atomic E-state index is 0.894. The zero-order valence-corrected chi connectivity index (χ0v) is 7.49. The summed E-state index contributed by atoms with van der Waals surface area (Å²) in [5.41, 5.74) is 4.81. The number of primary amides is 1. The van der Waals surface area contributed by atoms with Crippen LogP contribution in [0.4, 0.5) is 0 Å². The van der Waals surface area contributed by atoms with Crippen molar-refractivity contribution < 1.29 is 30.0 Å². The summed E-state index contributed by atoms with van der Waals surface area (Å²) in [6.07, 6.45) is -5.81. The Kier molecular flexibility index (Phi) is 4.48. The largest absolute Gasteiger partial charge is 0.479 e. The molecule has 0 aromatic carbocycles. The molecule has 0 aliphatic carbocycles. The highest BCUT2D eigenvalue weighted by Gasteiger charge is 2.35. The number of nitrogens with two attached hydrogens (primary N) is 1. The highest BCUT2D eigenvalue weighted by atomic mass is 16.4. The predicted octanol–water partition coefficient (Wildman–Crippen LogP) is -2.72. The van der Waals surface area contributed by atoms with Gasteiger partial charge in [0, 0.05) is 0 Å². The first-order chi connectivity index (χ1) is 6.29. The molecule has 0 saturated heterocycles. The summed E-state index contributed by atoms with van der Waals surface area (Å²) in [7, 11) is 0. The second-order valence-corrected chi connectivity index (χ2v) is 2.96. The summed E-state index contributed by atoms with van der Waals surface area (Å²) < 4.78 is 0. The third-order valence-electron chi connectivity index (χ3n) is 1.89. The van der Waals surface area contributed by atoms with E-state index in [9.17, 15) is 14.7 Å². The van der Waals surface area contributed by atoms with Gasteiger partial charge in [-0.2, -0.15) is 0 Å². The van der Waals surface area contributed by atoms with Crippen molar-refractivity contribution in [2.45, 2.75) is 25.2 Å². The molecule has 82 valence electrons.